The number of nitro groups is 1. The van der Waals surface area contributed by atoms with Crippen LogP contribution in [0.15, 0.2) is 72.8 Å². The predicted molar refractivity (Wildman–Crippen MR) is 132 cm³/mol. The molecule has 0 spiro atoms. The molecule has 37 heavy (non-hydrogen) atoms. The fraction of sp³-hybridized carbons (Fsp3) is 0.154. The number of carbonyl (C=O) groups is 4. The van der Waals surface area contributed by atoms with Gasteiger partial charge in [-0.1, -0.05) is 23.7 Å². The number of rotatable bonds is 8. The summed E-state index contributed by atoms with van der Waals surface area (Å²) in [5.41, 5.74) is 0.701. The molecule has 0 aliphatic carbocycles. The van der Waals surface area contributed by atoms with Gasteiger partial charge in [0.2, 0.25) is 5.91 Å². The van der Waals surface area contributed by atoms with E-state index in [-0.39, 0.29) is 41.4 Å². The normalized spacial score (nSPS) is 14.8. The van der Waals surface area contributed by atoms with E-state index < -0.39 is 35.2 Å². The molecule has 188 valence electrons. The zero-order valence-electron chi connectivity index (χ0n) is 19.2. The van der Waals surface area contributed by atoms with Crippen LogP contribution in [0.1, 0.15) is 27.1 Å². The van der Waals surface area contributed by atoms with Gasteiger partial charge in [0.1, 0.15) is 5.75 Å². The van der Waals surface area contributed by atoms with E-state index in [1.807, 2.05) is 0 Å². The SMILES string of the molecule is O=C(COC(=O)[C@H]1CC(=O)N(c2ccccc2Cl)C1)c1ccc(OC(=O)c2ccc([N+](=O)[O-])cc2)cc1. The van der Waals surface area contributed by atoms with Crippen molar-refractivity contribution in [2.24, 2.45) is 5.92 Å². The van der Waals surface area contributed by atoms with Crippen molar-refractivity contribution >= 4 is 46.6 Å². The molecule has 0 bridgehead atoms. The Morgan fingerprint density at radius 1 is 0.973 bits per heavy atom. The molecule has 0 unspecified atom stereocenters. The van der Waals surface area contributed by atoms with E-state index in [2.05, 4.69) is 0 Å². The first-order valence-electron chi connectivity index (χ1n) is 11.0. The Morgan fingerprint density at radius 3 is 2.27 bits per heavy atom. The van der Waals surface area contributed by atoms with Crippen molar-refractivity contribution < 1.29 is 33.6 Å². The molecule has 11 heteroatoms. The summed E-state index contributed by atoms with van der Waals surface area (Å²) in [7, 11) is 0. The first kappa shape index (κ1) is 25.5. The van der Waals surface area contributed by atoms with E-state index >= 15 is 0 Å². The zero-order valence-corrected chi connectivity index (χ0v) is 19.9. The number of nitrogens with zero attached hydrogens (tertiary/aromatic N) is 2. The molecule has 4 rings (SSSR count). The van der Waals surface area contributed by atoms with Crippen LogP contribution in [0.3, 0.4) is 0 Å². The monoisotopic (exact) mass is 522 g/mol. The fourth-order valence-corrected chi connectivity index (χ4v) is 3.94. The van der Waals surface area contributed by atoms with Crippen LogP contribution >= 0.6 is 11.6 Å². The lowest BCUT2D eigenvalue weighted by Gasteiger charge is -2.17. The second kappa shape index (κ2) is 11.0. The lowest BCUT2D eigenvalue weighted by Crippen LogP contribution is -2.27. The Kier molecular flexibility index (Phi) is 7.59. The number of hydrogen-bond acceptors (Lipinski definition) is 8. The minimum absolute atomic E-state index is 0.0485. The van der Waals surface area contributed by atoms with Crippen molar-refractivity contribution in [2.75, 3.05) is 18.1 Å². The molecule has 1 fully saturated rings. The van der Waals surface area contributed by atoms with E-state index in [0.29, 0.717) is 10.7 Å². The molecule has 1 aliphatic rings. The highest BCUT2D eigenvalue weighted by Gasteiger charge is 2.37. The largest absolute Gasteiger partial charge is 0.457 e. The molecule has 0 saturated carbocycles. The Bertz CT molecular complexity index is 1370. The van der Waals surface area contributed by atoms with Crippen LogP contribution in [0, 0.1) is 16.0 Å². The Balaban J connectivity index is 1.29. The number of nitro benzene ring substituents is 1. The maximum atomic E-state index is 12.5. The topological polar surface area (TPSA) is 133 Å². The molecule has 0 aromatic heterocycles. The third-order valence-corrected chi connectivity index (χ3v) is 5.97. The van der Waals surface area contributed by atoms with Gasteiger partial charge in [0, 0.05) is 30.7 Å². The van der Waals surface area contributed by atoms with Gasteiger partial charge in [0.15, 0.2) is 12.4 Å². The summed E-state index contributed by atoms with van der Waals surface area (Å²) in [5.74, 6) is -2.70. The third-order valence-electron chi connectivity index (χ3n) is 5.65. The number of Topliss-reactive ketones (excluding diaryl/α,β-unsaturated/α-hetero) is 1. The summed E-state index contributed by atoms with van der Waals surface area (Å²) in [4.78, 5) is 61.1. The van der Waals surface area contributed by atoms with Crippen molar-refractivity contribution in [3.63, 3.8) is 0 Å². The van der Waals surface area contributed by atoms with Gasteiger partial charge < -0.3 is 14.4 Å². The van der Waals surface area contributed by atoms with Crippen LogP contribution in [0.5, 0.6) is 5.75 Å². The van der Waals surface area contributed by atoms with Crippen LogP contribution in [0.25, 0.3) is 0 Å². The number of ether oxygens (including phenoxy) is 2. The molecule has 3 aromatic rings. The molecule has 1 atom stereocenters. The number of benzene rings is 3. The van der Waals surface area contributed by atoms with Gasteiger partial charge in [0.25, 0.3) is 5.69 Å². The van der Waals surface area contributed by atoms with Gasteiger partial charge in [-0.25, -0.2) is 4.79 Å². The summed E-state index contributed by atoms with van der Waals surface area (Å²) < 4.78 is 10.4. The summed E-state index contributed by atoms with van der Waals surface area (Å²) in [6, 6.07) is 17.4. The molecule has 1 amide bonds. The van der Waals surface area contributed by atoms with E-state index in [1.165, 1.54) is 53.4 Å². The molecule has 1 aliphatic heterocycles. The van der Waals surface area contributed by atoms with Crippen molar-refractivity contribution in [1.82, 2.24) is 0 Å². The quantitative estimate of drug-likeness (QED) is 0.141. The van der Waals surface area contributed by atoms with Crippen LogP contribution in [-0.2, 0) is 14.3 Å². The van der Waals surface area contributed by atoms with Crippen LogP contribution in [0.2, 0.25) is 5.02 Å². The second-order valence-electron chi connectivity index (χ2n) is 8.11. The van der Waals surface area contributed by atoms with Crippen molar-refractivity contribution in [3.8, 4) is 5.75 Å². The highest BCUT2D eigenvalue weighted by molar-refractivity contribution is 6.33. The lowest BCUT2D eigenvalue weighted by molar-refractivity contribution is -0.384. The maximum Gasteiger partial charge on any atom is 0.343 e. The van der Waals surface area contributed by atoms with E-state index in [1.54, 1.807) is 24.3 Å². The minimum atomic E-state index is -0.724. The van der Waals surface area contributed by atoms with Crippen molar-refractivity contribution in [2.45, 2.75) is 6.42 Å². The number of halogens is 1. The van der Waals surface area contributed by atoms with Gasteiger partial charge in [-0.3, -0.25) is 24.5 Å². The van der Waals surface area contributed by atoms with Gasteiger partial charge in [-0.2, -0.15) is 0 Å². The molecular weight excluding hydrogens is 504 g/mol. The molecule has 3 aromatic carbocycles. The van der Waals surface area contributed by atoms with Crippen LogP contribution < -0.4 is 9.64 Å². The average Bonchev–Trinajstić information content (AvgIpc) is 3.29. The van der Waals surface area contributed by atoms with Gasteiger partial charge >= 0.3 is 11.9 Å². The molecular formula is C26H19ClN2O8. The summed E-state index contributed by atoms with van der Waals surface area (Å²) in [6.45, 7) is -0.415. The smallest absolute Gasteiger partial charge is 0.343 e. The molecule has 0 radical (unpaired) electrons. The summed E-state index contributed by atoms with van der Waals surface area (Å²) in [6.07, 6.45) is -0.0485. The first-order valence-corrected chi connectivity index (χ1v) is 11.4. The minimum Gasteiger partial charge on any atom is -0.457 e. The number of amides is 1. The average molecular weight is 523 g/mol. The van der Waals surface area contributed by atoms with Gasteiger partial charge in [0.05, 0.1) is 27.1 Å². The first-order chi connectivity index (χ1) is 17.7. The number of anilines is 1. The fourth-order valence-electron chi connectivity index (χ4n) is 3.70. The molecule has 0 N–H and O–H groups in total. The number of carbonyl (C=O) groups excluding carboxylic acids is 4. The maximum absolute atomic E-state index is 12.5. The van der Waals surface area contributed by atoms with Crippen molar-refractivity contribution in [3.05, 3.63) is 99.1 Å². The zero-order chi connectivity index (χ0) is 26.5. The Morgan fingerprint density at radius 2 is 1.62 bits per heavy atom. The number of esters is 2. The van der Waals surface area contributed by atoms with E-state index in [4.69, 9.17) is 21.1 Å². The predicted octanol–water partition coefficient (Wildman–Crippen LogP) is 4.25. The van der Waals surface area contributed by atoms with Gasteiger partial charge in [-0.05, 0) is 48.5 Å². The van der Waals surface area contributed by atoms with E-state index in [9.17, 15) is 29.3 Å². The molecule has 1 heterocycles. The number of non-ortho nitro benzene ring substituents is 1. The summed E-state index contributed by atoms with van der Waals surface area (Å²) in [5, 5.41) is 11.1. The molecule has 10 nitrogen and oxygen atoms in total. The van der Waals surface area contributed by atoms with Crippen LogP contribution in [-0.4, -0.2) is 41.7 Å². The standard InChI is InChI=1S/C26H19ClN2O8/c27-21-3-1-2-4-22(21)28-14-18(13-24(28)31)25(32)36-15-23(30)16-7-11-20(12-8-16)37-26(33)17-5-9-19(10-6-17)29(34)35/h1-12,18H,13-15H2/t18-/m0/s1. The number of ketones is 1. The highest BCUT2D eigenvalue weighted by Crippen LogP contribution is 2.31. The van der Waals surface area contributed by atoms with Gasteiger partial charge in [-0.15, -0.1) is 0 Å². The lowest BCUT2D eigenvalue weighted by atomic mass is 10.1. The molecule has 1 saturated heterocycles. The number of para-hydroxylation sites is 1. The number of hydrogen-bond donors (Lipinski definition) is 0. The Labute approximate surface area is 215 Å². The van der Waals surface area contributed by atoms with Crippen LogP contribution in [0.4, 0.5) is 11.4 Å². The van der Waals surface area contributed by atoms with E-state index in [0.717, 1.165) is 0 Å². The third kappa shape index (κ3) is 5.99. The second-order valence-corrected chi connectivity index (χ2v) is 8.51. The Hall–Kier alpha value is -4.57. The highest BCUT2D eigenvalue weighted by atomic mass is 35.5. The van der Waals surface area contributed by atoms with Crippen molar-refractivity contribution in [1.29, 1.82) is 0 Å². The summed E-state index contributed by atoms with van der Waals surface area (Å²) >= 11 is 6.15.